The molecular formula is C28H29FN6O4S2. The average Bonchev–Trinajstić information content (AvgIpc) is 3.35. The van der Waals surface area contributed by atoms with Crippen LogP contribution in [0.25, 0.3) is 5.69 Å². The molecular weight excluding hydrogens is 567 g/mol. The van der Waals surface area contributed by atoms with Gasteiger partial charge in [-0.05, 0) is 79.6 Å². The summed E-state index contributed by atoms with van der Waals surface area (Å²) in [5, 5.41) is 14.6. The molecule has 0 radical (unpaired) electrons. The third kappa shape index (κ3) is 6.99. The summed E-state index contributed by atoms with van der Waals surface area (Å²) in [5.41, 5.74) is 3.59. The van der Waals surface area contributed by atoms with Crippen LogP contribution in [-0.4, -0.2) is 59.2 Å². The summed E-state index contributed by atoms with van der Waals surface area (Å²) in [5.74, 6) is -0.642. The smallest absolute Gasteiger partial charge is 0.251 e. The van der Waals surface area contributed by atoms with E-state index in [-0.39, 0.29) is 28.7 Å². The van der Waals surface area contributed by atoms with Gasteiger partial charge in [-0.25, -0.2) is 17.1 Å². The summed E-state index contributed by atoms with van der Waals surface area (Å²) in [6, 6.07) is 16.9. The lowest BCUT2D eigenvalue weighted by Gasteiger charge is -2.15. The number of aryl methyl sites for hydroxylation is 1. The number of hydrogen-bond acceptors (Lipinski definition) is 7. The van der Waals surface area contributed by atoms with Crippen molar-refractivity contribution in [2.24, 2.45) is 0 Å². The largest absolute Gasteiger partial charge is 0.345 e. The summed E-state index contributed by atoms with van der Waals surface area (Å²) < 4.78 is 40.7. The number of rotatable bonds is 10. The number of halogens is 1. The second-order valence-corrected chi connectivity index (χ2v) is 12.4. The lowest BCUT2D eigenvalue weighted by molar-refractivity contribution is -0.113. The van der Waals surface area contributed by atoms with Crippen molar-refractivity contribution in [3.8, 4) is 5.69 Å². The number of carbonyl (C=O) groups is 2. The first kappa shape index (κ1) is 29.9. The predicted molar refractivity (Wildman–Crippen MR) is 155 cm³/mol. The van der Waals surface area contributed by atoms with E-state index < -0.39 is 21.7 Å². The lowest BCUT2D eigenvalue weighted by Crippen LogP contribution is -2.25. The Morgan fingerprint density at radius 3 is 2.32 bits per heavy atom. The molecule has 2 amide bonds. The highest BCUT2D eigenvalue weighted by atomic mass is 32.2. The van der Waals surface area contributed by atoms with Gasteiger partial charge in [0.05, 0.1) is 22.9 Å². The number of sulfonamides is 1. The fourth-order valence-corrected chi connectivity index (χ4v) is 5.50. The number of nitrogens with one attached hydrogen (secondary N) is 2. The van der Waals surface area contributed by atoms with Crippen molar-refractivity contribution >= 4 is 39.3 Å². The maximum absolute atomic E-state index is 13.2. The van der Waals surface area contributed by atoms with E-state index >= 15 is 0 Å². The topological polar surface area (TPSA) is 126 Å². The van der Waals surface area contributed by atoms with Crippen LogP contribution < -0.4 is 10.6 Å². The quantitative estimate of drug-likeness (QED) is 0.266. The van der Waals surface area contributed by atoms with Gasteiger partial charge in [0.15, 0.2) is 11.0 Å². The van der Waals surface area contributed by atoms with E-state index in [0.29, 0.717) is 16.7 Å². The van der Waals surface area contributed by atoms with Gasteiger partial charge in [-0.1, -0.05) is 23.9 Å². The fraction of sp³-hybridized carbons (Fsp3) is 0.214. The van der Waals surface area contributed by atoms with Crippen molar-refractivity contribution in [1.82, 2.24) is 24.4 Å². The Bertz CT molecular complexity index is 1670. The summed E-state index contributed by atoms with van der Waals surface area (Å²) in [4.78, 5) is 25.5. The van der Waals surface area contributed by atoms with Crippen LogP contribution in [-0.2, 0) is 21.4 Å². The highest BCUT2D eigenvalue weighted by Crippen LogP contribution is 2.26. The van der Waals surface area contributed by atoms with E-state index in [1.807, 2.05) is 32.0 Å². The zero-order chi connectivity index (χ0) is 29.7. The van der Waals surface area contributed by atoms with Crippen LogP contribution in [0.15, 0.2) is 76.8 Å². The molecule has 0 aliphatic rings. The highest BCUT2D eigenvalue weighted by Gasteiger charge is 2.20. The first-order valence-corrected chi connectivity index (χ1v) is 14.9. The minimum absolute atomic E-state index is 0.0228. The molecule has 0 unspecified atom stereocenters. The molecule has 214 valence electrons. The molecule has 0 spiro atoms. The summed E-state index contributed by atoms with van der Waals surface area (Å²) in [6.07, 6.45) is 0. The number of carbonyl (C=O) groups excluding carboxylic acids is 2. The molecule has 10 nitrogen and oxygen atoms in total. The Balaban J connectivity index is 1.52. The second-order valence-electron chi connectivity index (χ2n) is 9.29. The highest BCUT2D eigenvalue weighted by molar-refractivity contribution is 7.99. The molecule has 0 fully saturated rings. The average molecular weight is 597 g/mol. The van der Waals surface area contributed by atoms with E-state index in [9.17, 15) is 22.4 Å². The normalized spacial score (nSPS) is 11.5. The van der Waals surface area contributed by atoms with E-state index in [0.717, 1.165) is 21.1 Å². The Morgan fingerprint density at radius 1 is 0.976 bits per heavy atom. The van der Waals surface area contributed by atoms with Gasteiger partial charge in [0, 0.05) is 25.3 Å². The summed E-state index contributed by atoms with van der Waals surface area (Å²) in [6.45, 7) is 3.97. The first-order valence-electron chi connectivity index (χ1n) is 12.5. The van der Waals surface area contributed by atoms with Gasteiger partial charge in [-0.15, -0.1) is 10.2 Å². The van der Waals surface area contributed by atoms with Crippen molar-refractivity contribution in [3.05, 3.63) is 95.1 Å². The molecule has 41 heavy (non-hydrogen) atoms. The van der Waals surface area contributed by atoms with Crippen LogP contribution in [0.3, 0.4) is 0 Å². The maximum atomic E-state index is 13.2. The molecule has 2 N–H and O–H groups in total. The number of anilines is 1. The van der Waals surface area contributed by atoms with Gasteiger partial charge in [0.2, 0.25) is 15.9 Å². The Morgan fingerprint density at radius 2 is 1.66 bits per heavy atom. The van der Waals surface area contributed by atoms with Gasteiger partial charge < -0.3 is 10.6 Å². The van der Waals surface area contributed by atoms with Gasteiger partial charge >= 0.3 is 0 Å². The molecule has 13 heteroatoms. The van der Waals surface area contributed by atoms with Gasteiger partial charge in [-0.3, -0.25) is 14.2 Å². The van der Waals surface area contributed by atoms with E-state index in [2.05, 4.69) is 20.8 Å². The van der Waals surface area contributed by atoms with E-state index in [1.54, 1.807) is 4.57 Å². The maximum Gasteiger partial charge on any atom is 0.251 e. The lowest BCUT2D eigenvalue weighted by atomic mass is 10.1. The second kappa shape index (κ2) is 12.6. The van der Waals surface area contributed by atoms with Crippen LogP contribution in [0, 0.1) is 19.7 Å². The van der Waals surface area contributed by atoms with Gasteiger partial charge in [0.1, 0.15) is 5.82 Å². The van der Waals surface area contributed by atoms with Crippen LogP contribution in [0.2, 0.25) is 0 Å². The third-order valence-electron chi connectivity index (χ3n) is 6.28. The van der Waals surface area contributed by atoms with Crippen molar-refractivity contribution < 1.29 is 22.4 Å². The standard InChI is InChI=1S/C28H29FN6O4S2/c1-18-6-5-7-24(19(18)2)35-25(16-30-27(37)20-8-14-23(15-9-20)41(38,39)34(3)4)32-33-28(35)40-17-26(36)31-22-12-10-21(29)11-13-22/h5-15H,16-17H2,1-4H3,(H,30,37)(H,31,36). The number of nitrogens with zero attached hydrogens (tertiary/aromatic N) is 4. The predicted octanol–water partition coefficient (Wildman–Crippen LogP) is 3.93. The van der Waals surface area contributed by atoms with E-state index in [4.69, 9.17) is 0 Å². The minimum Gasteiger partial charge on any atom is -0.345 e. The molecule has 0 aliphatic carbocycles. The number of hydrogen-bond donors (Lipinski definition) is 2. The van der Waals surface area contributed by atoms with Gasteiger partial charge in [0.25, 0.3) is 5.91 Å². The van der Waals surface area contributed by atoms with Crippen molar-refractivity contribution in [2.45, 2.75) is 30.4 Å². The molecule has 1 heterocycles. The molecule has 3 aromatic carbocycles. The molecule has 0 saturated carbocycles. The number of benzene rings is 3. The third-order valence-corrected chi connectivity index (χ3v) is 9.04. The molecule has 0 atom stereocenters. The first-order chi connectivity index (χ1) is 19.5. The van der Waals surface area contributed by atoms with E-state index in [1.165, 1.54) is 74.4 Å². The van der Waals surface area contributed by atoms with Gasteiger partial charge in [-0.2, -0.15) is 0 Å². The Kier molecular flexibility index (Phi) is 9.21. The number of thioether (sulfide) groups is 1. The Hall–Kier alpha value is -4.07. The van der Waals surface area contributed by atoms with Crippen LogP contribution in [0.4, 0.5) is 10.1 Å². The zero-order valence-electron chi connectivity index (χ0n) is 22.9. The number of amides is 2. The molecule has 0 aliphatic heterocycles. The molecule has 4 aromatic rings. The summed E-state index contributed by atoms with van der Waals surface area (Å²) in [7, 11) is -0.739. The van der Waals surface area contributed by atoms with Crippen LogP contribution in [0.1, 0.15) is 27.3 Å². The molecule has 0 saturated heterocycles. The monoisotopic (exact) mass is 596 g/mol. The van der Waals surface area contributed by atoms with Crippen molar-refractivity contribution in [1.29, 1.82) is 0 Å². The zero-order valence-corrected chi connectivity index (χ0v) is 24.5. The summed E-state index contributed by atoms with van der Waals surface area (Å²) >= 11 is 1.17. The molecule has 4 rings (SSSR count). The Labute approximate surface area is 242 Å². The fourth-order valence-electron chi connectivity index (χ4n) is 3.84. The van der Waals surface area contributed by atoms with Crippen molar-refractivity contribution in [3.63, 3.8) is 0 Å². The number of aromatic nitrogens is 3. The molecule has 0 bridgehead atoms. The van der Waals surface area contributed by atoms with Crippen LogP contribution >= 0.6 is 11.8 Å². The van der Waals surface area contributed by atoms with Crippen molar-refractivity contribution in [2.75, 3.05) is 25.2 Å². The molecule has 1 aromatic heterocycles. The minimum atomic E-state index is -3.61. The SMILES string of the molecule is Cc1cccc(-n2c(CNC(=O)c3ccc(S(=O)(=O)N(C)C)cc3)nnc2SCC(=O)Nc2ccc(F)cc2)c1C. The van der Waals surface area contributed by atoms with Crippen LogP contribution in [0.5, 0.6) is 0 Å².